The molecular weight excluding hydrogens is 224 g/mol. The van der Waals surface area contributed by atoms with E-state index >= 15 is 0 Å². The van der Waals surface area contributed by atoms with Crippen molar-refractivity contribution in [2.24, 2.45) is 11.8 Å². The molecule has 1 N–H and O–H groups in total. The lowest BCUT2D eigenvalue weighted by atomic mass is 9.96. The lowest BCUT2D eigenvalue weighted by Gasteiger charge is -2.13. The van der Waals surface area contributed by atoms with Crippen LogP contribution >= 0.6 is 11.6 Å². The summed E-state index contributed by atoms with van der Waals surface area (Å²) in [6.45, 7) is 3.68. The van der Waals surface area contributed by atoms with Crippen molar-refractivity contribution in [3.63, 3.8) is 0 Å². The maximum atomic E-state index is 11.7. The summed E-state index contributed by atoms with van der Waals surface area (Å²) in [5.74, 6) is -0.942. The number of halogens is 1. The standard InChI is InChI=1S/C12H13ClN2O/c1-8(2)11(7-14)12(16)15-10-5-3-4-9(13)6-10/h3-6,8,11H,1-2H3,(H,15,16). The monoisotopic (exact) mass is 236 g/mol. The topological polar surface area (TPSA) is 52.9 Å². The van der Waals surface area contributed by atoms with Crippen LogP contribution in [0.15, 0.2) is 24.3 Å². The average molecular weight is 237 g/mol. The van der Waals surface area contributed by atoms with Crippen LogP contribution in [0.3, 0.4) is 0 Å². The molecule has 1 amide bonds. The molecule has 0 saturated carbocycles. The van der Waals surface area contributed by atoms with Gasteiger partial charge in [0, 0.05) is 10.7 Å². The van der Waals surface area contributed by atoms with Gasteiger partial charge in [0.25, 0.3) is 0 Å². The predicted molar refractivity (Wildman–Crippen MR) is 64.0 cm³/mol. The van der Waals surface area contributed by atoms with Gasteiger partial charge in [-0.2, -0.15) is 5.26 Å². The van der Waals surface area contributed by atoms with Crippen molar-refractivity contribution >= 4 is 23.2 Å². The second kappa shape index (κ2) is 5.53. The molecule has 4 heteroatoms. The van der Waals surface area contributed by atoms with E-state index in [9.17, 15) is 4.79 Å². The third kappa shape index (κ3) is 3.25. The molecule has 84 valence electrons. The highest BCUT2D eigenvalue weighted by atomic mass is 35.5. The highest BCUT2D eigenvalue weighted by Gasteiger charge is 2.21. The van der Waals surface area contributed by atoms with Crippen molar-refractivity contribution in [3.05, 3.63) is 29.3 Å². The Balaban J connectivity index is 2.75. The Morgan fingerprint density at radius 1 is 1.50 bits per heavy atom. The minimum absolute atomic E-state index is 0.0100. The number of benzene rings is 1. The number of nitrogens with zero attached hydrogens (tertiary/aromatic N) is 1. The number of nitriles is 1. The number of carbonyl (C=O) groups is 1. The largest absolute Gasteiger partial charge is 0.325 e. The van der Waals surface area contributed by atoms with E-state index in [0.717, 1.165) is 0 Å². The molecule has 0 spiro atoms. The summed E-state index contributed by atoms with van der Waals surface area (Å²) < 4.78 is 0. The summed E-state index contributed by atoms with van der Waals surface area (Å²) in [6, 6.07) is 8.84. The van der Waals surface area contributed by atoms with Crippen molar-refractivity contribution in [2.45, 2.75) is 13.8 Å². The minimum Gasteiger partial charge on any atom is -0.325 e. The molecule has 1 unspecified atom stereocenters. The molecule has 1 aromatic carbocycles. The van der Waals surface area contributed by atoms with Crippen LogP contribution in [0, 0.1) is 23.2 Å². The first-order valence-corrected chi connectivity index (χ1v) is 5.38. The minimum atomic E-state index is -0.640. The molecule has 0 fully saturated rings. The van der Waals surface area contributed by atoms with Gasteiger partial charge in [0.05, 0.1) is 6.07 Å². The summed E-state index contributed by atoms with van der Waals surface area (Å²) in [4.78, 5) is 11.7. The van der Waals surface area contributed by atoms with E-state index in [-0.39, 0.29) is 11.8 Å². The zero-order valence-corrected chi connectivity index (χ0v) is 9.95. The van der Waals surface area contributed by atoms with Gasteiger partial charge in [0.15, 0.2) is 0 Å². The number of nitrogens with one attached hydrogen (secondary N) is 1. The third-order valence-corrected chi connectivity index (χ3v) is 2.42. The van der Waals surface area contributed by atoms with E-state index in [1.165, 1.54) is 0 Å². The van der Waals surface area contributed by atoms with Crippen LogP contribution in [0.1, 0.15) is 13.8 Å². The third-order valence-electron chi connectivity index (χ3n) is 2.18. The summed E-state index contributed by atoms with van der Waals surface area (Å²) >= 11 is 5.79. The van der Waals surface area contributed by atoms with E-state index in [1.54, 1.807) is 24.3 Å². The average Bonchev–Trinajstić information content (AvgIpc) is 2.17. The Kier molecular flexibility index (Phi) is 4.33. The first kappa shape index (κ1) is 12.5. The quantitative estimate of drug-likeness (QED) is 0.877. The molecule has 0 bridgehead atoms. The summed E-state index contributed by atoms with van der Waals surface area (Å²) in [7, 11) is 0. The van der Waals surface area contributed by atoms with Gasteiger partial charge >= 0.3 is 0 Å². The molecule has 1 atom stereocenters. The molecular formula is C12H13ClN2O. The van der Waals surface area contributed by atoms with Crippen molar-refractivity contribution in [1.29, 1.82) is 5.26 Å². The Bertz CT molecular complexity index is 423. The summed E-state index contributed by atoms with van der Waals surface area (Å²) in [6.07, 6.45) is 0. The number of carbonyl (C=O) groups excluding carboxylic acids is 1. The van der Waals surface area contributed by atoms with Crippen molar-refractivity contribution in [3.8, 4) is 6.07 Å². The van der Waals surface area contributed by atoms with Gasteiger partial charge < -0.3 is 5.32 Å². The highest BCUT2D eigenvalue weighted by Crippen LogP contribution is 2.17. The number of rotatable bonds is 3. The second-order valence-corrected chi connectivity index (χ2v) is 4.29. The first-order valence-electron chi connectivity index (χ1n) is 5.00. The van der Waals surface area contributed by atoms with E-state index in [1.807, 2.05) is 19.9 Å². The van der Waals surface area contributed by atoms with E-state index < -0.39 is 5.92 Å². The number of hydrogen-bond donors (Lipinski definition) is 1. The van der Waals surface area contributed by atoms with E-state index in [2.05, 4.69) is 5.32 Å². The molecule has 0 radical (unpaired) electrons. The molecule has 3 nitrogen and oxygen atoms in total. The van der Waals surface area contributed by atoms with Gasteiger partial charge in [0.2, 0.25) is 5.91 Å². The number of anilines is 1. The first-order chi connectivity index (χ1) is 7.54. The van der Waals surface area contributed by atoms with Crippen LogP contribution in [0.5, 0.6) is 0 Å². The van der Waals surface area contributed by atoms with Gasteiger partial charge in [0.1, 0.15) is 5.92 Å². The Labute approximate surface area is 100 Å². The fourth-order valence-corrected chi connectivity index (χ4v) is 1.49. The lowest BCUT2D eigenvalue weighted by molar-refractivity contribution is -0.119. The van der Waals surface area contributed by atoms with Gasteiger partial charge in [-0.1, -0.05) is 31.5 Å². The lowest BCUT2D eigenvalue weighted by Crippen LogP contribution is -2.25. The SMILES string of the molecule is CC(C)C(C#N)C(=O)Nc1cccc(Cl)c1. The molecule has 0 saturated heterocycles. The second-order valence-electron chi connectivity index (χ2n) is 3.85. The molecule has 1 rings (SSSR count). The van der Waals surface area contributed by atoms with Crippen LogP contribution < -0.4 is 5.32 Å². The molecule has 0 heterocycles. The van der Waals surface area contributed by atoms with Gasteiger partial charge in [-0.3, -0.25) is 4.79 Å². The molecule has 1 aromatic rings. The van der Waals surface area contributed by atoms with E-state index in [0.29, 0.717) is 10.7 Å². The smallest absolute Gasteiger partial charge is 0.241 e. The van der Waals surface area contributed by atoms with Crippen LogP contribution in [0.25, 0.3) is 0 Å². The zero-order valence-electron chi connectivity index (χ0n) is 9.20. The van der Waals surface area contributed by atoms with Crippen LogP contribution in [-0.2, 0) is 4.79 Å². The number of hydrogen-bond acceptors (Lipinski definition) is 2. The number of amides is 1. The zero-order chi connectivity index (χ0) is 12.1. The van der Waals surface area contributed by atoms with Crippen molar-refractivity contribution in [2.75, 3.05) is 5.32 Å². The highest BCUT2D eigenvalue weighted by molar-refractivity contribution is 6.30. The maximum absolute atomic E-state index is 11.7. The molecule has 0 aliphatic rings. The van der Waals surface area contributed by atoms with E-state index in [4.69, 9.17) is 16.9 Å². The molecule has 0 aliphatic carbocycles. The summed E-state index contributed by atoms with van der Waals surface area (Å²) in [5.41, 5.74) is 0.610. The fourth-order valence-electron chi connectivity index (χ4n) is 1.30. The van der Waals surface area contributed by atoms with Crippen molar-refractivity contribution in [1.82, 2.24) is 0 Å². The van der Waals surface area contributed by atoms with Crippen molar-refractivity contribution < 1.29 is 4.79 Å². The van der Waals surface area contributed by atoms with Gasteiger partial charge in [-0.05, 0) is 24.1 Å². The normalized spacial score (nSPS) is 11.9. The Morgan fingerprint density at radius 2 is 2.19 bits per heavy atom. The Hall–Kier alpha value is -1.53. The van der Waals surface area contributed by atoms with Gasteiger partial charge in [-0.25, -0.2) is 0 Å². The maximum Gasteiger partial charge on any atom is 0.241 e. The Morgan fingerprint density at radius 3 is 2.69 bits per heavy atom. The van der Waals surface area contributed by atoms with Gasteiger partial charge in [-0.15, -0.1) is 0 Å². The molecule has 16 heavy (non-hydrogen) atoms. The predicted octanol–water partition coefficient (Wildman–Crippen LogP) is 3.07. The van der Waals surface area contributed by atoms with Crippen LogP contribution in [0.4, 0.5) is 5.69 Å². The fraction of sp³-hybridized carbons (Fsp3) is 0.333. The van der Waals surface area contributed by atoms with Crippen LogP contribution in [0.2, 0.25) is 5.02 Å². The van der Waals surface area contributed by atoms with Crippen LogP contribution in [-0.4, -0.2) is 5.91 Å². The molecule has 0 aliphatic heterocycles. The molecule has 0 aromatic heterocycles. The summed E-state index contributed by atoms with van der Waals surface area (Å²) in [5, 5.41) is 12.1.